The fourth-order valence-electron chi connectivity index (χ4n) is 3.99. The van der Waals surface area contributed by atoms with Crippen LogP contribution in [0.2, 0.25) is 0 Å². The molecule has 2 aliphatic heterocycles. The lowest BCUT2D eigenvalue weighted by atomic mass is 9.96. The molecule has 1 unspecified atom stereocenters. The molecular weight excluding hydrogens is 345 g/mol. The maximum absolute atomic E-state index is 13.0. The number of benzene rings is 1. The fraction of sp³-hybridized carbons (Fsp3) is 0.619. The molecule has 0 spiro atoms. The van der Waals surface area contributed by atoms with Gasteiger partial charge in [-0.1, -0.05) is 6.42 Å². The Morgan fingerprint density at radius 3 is 2.52 bits per heavy atom. The lowest BCUT2D eigenvalue weighted by Crippen LogP contribution is -2.45. The average Bonchev–Trinajstić information content (AvgIpc) is 2.72. The fourth-order valence-corrected chi connectivity index (χ4v) is 3.99. The SMILES string of the molecule is O=C(NCCCN1CCCCC1)C1CCCN(C(=O)c2ccc(F)cc2)C1. The van der Waals surface area contributed by atoms with Crippen molar-refractivity contribution < 1.29 is 14.0 Å². The first-order chi connectivity index (χ1) is 13.1. The number of halogens is 1. The number of piperidine rings is 2. The van der Waals surface area contributed by atoms with Crippen molar-refractivity contribution in [3.05, 3.63) is 35.6 Å². The van der Waals surface area contributed by atoms with Gasteiger partial charge in [-0.15, -0.1) is 0 Å². The number of likely N-dealkylation sites (tertiary alicyclic amines) is 2. The molecule has 27 heavy (non-hydrogen) atoms. The lowest BCUT2D eigenvalue weighted by Gasteiger charge is -2.32. The van der Waals surface area contributed by atoms with Crippen molar-refractivity contribution in [2.75, 3.05) is 39.3 Å². The Balaban J connectivity index is 1.42. The predicted molar refractivity (Wildman–Crippen MR) is 103 cm³/mol. The van der Waals surface area contributed by atoms with Crippen molar-refractivity contribution in [1.82, 2.24) is 15.1 Å². The molecule has 0 bridgehead atoms. The van der Waals surface area contributed by atoms with Crippen LogP contribution in [0.4, 0.5) is 4.39 Å². The van der Waals surface area contributed by atoms with Crippen molar-refractivity contribution >= 4 is 11.8 Å². The molecule has 2 saturated heterocycles. The molecule has 1 atom stereocenters. The molecule has 0 aliphatic carbocycles. The normalized spacial score (nSPS) is 21.1. The average molecular weight is 375 g/mol. The van der Waals surface area contributed by atoms with Gasteiger partial charge in [-0.25, -0.2) is 4.39 Å². The minimum atomic E-state index is -0.355. The van der Waals surface area contributed by atoms with Crippen molar-refractivity contribution in [3.63, 3.8) is 0 Å². The molecule has 3 rings (SSSR count). The summed E-state index contributed by atoms with van der Waals surface area (Å²) in [6.07, 6.45) is 6.50. The summed E-state index contributed by atoms with van der Waals surface area (Å²) in [6, 6.07) is 5.59. The van der Waals surface area contributed by atoms with E-state index in [1.54, 1.807) is 4.90 Å². The zero-order valence-corrected chi connectivity index (χ0v) is 16.0. The standard InChI is InChI=1S/C21H30FN3O2/c22-19-9-7-17(8-10-19)21(27)25-15-4-6-18(16-25)20(26)23-11-5-14-24-12-2-1-3-13-24/h7-10,18H,1-6,11-16H2,(H,23,26). The van der Waals surface area contributed by atoms with Crippen LogP contribution in [0.3, 0.4) is 0 Å². The van der Waals surface area contributed by atoms with E-state index in [-0.39, 0.29) is 23.5 Å². The summed E-state index contributed by atoms with van der Waals surface area (Å²) in [7, 11) is 0. The zero-order valence-electron chi connectivity index (χ0n) is 16.0. The highest BCUT2D eigenvalue weighted by Gasteiger charge is 2.28. The van der Waals surface area contributed by atoms with E-state index in [0.717, 1.165) is 25.8 Å². The Morgan fingerprint density at radius 1 is 1.04 bits per heavy atom. The van der Waals surface area contributed by atoms with E-state index >= 15 is 0 Å². The van der Waals surface area contributed by atoms with E-state index in [2.05, 4.69) is 10.2 Å². The highest BCUT2D eigenvalue weighted by Crippen LogP contribution is 2.19. The minimum absolute atomic E-state index is 0.0465. The number of nitrogens with one attached hydrogen (secondary N) is 1. The third kappa shape index (κ3) is 5.76. The Labute approximate surface area is 160 Å². The Kier molecular flexibility index (Phi) is 7.21. The van der Waals surface area contributed by atoms with Crippen LogP contribution in [-0.2, 0) is 4.79 Å². The van der Waals surface area contributed by atoms with Gasteiger partial charge in [-0.2, -0.15) is 0 Å². The second kappa shape index (κ2) is 9.83. The number of hydrogen-bond donors (Lipinski definition) is 1. The van der Waals surface area contributed by atoms with Gasteiger partial charge in [0.2, 0.25) is 5.91 Å². The van der Waals surface area contributed by atoms with Gasteiger partial charge in [0.15, 0.2) is 0 Å². The molecule has 1 N–H and O–H groups in total. The van der Waals surface area contributed by atoms with Crippen LogP contribution in [0.1, 0.15) is 48.9 Å². The smallest absolute Gasteiger partial charge is 0.253 e. The van der Waals surface area contributed by atoms with Gasteiger partial charge in [-0.05, 0) is 76.0 Å². The zero-order chi connectivity index (χ0) is 19.1. The van der Waals surface area contributed by atoms with Crippen molar-refractivity contribution in [2.24, 2.45) is 5.92 Å². The second-order valence-corrected chi connectivity index (χ2v) is 7.64. The van der Waals surface area contributed by atoms with Crippen molar-refractivity contribution in [2.45, 2.75) is 38.5 Å². The predicted octanol–water partition coefficient (Wildman–Crippen LogP) is 2.67. The number of carbonyl (C=O) groups is 2. The molecule has 1 aromatic carbocycles. The first kappa shape index (κ1) is 19.8. The summed E-state index contributed by atoms with van der Waals surface area (Å²) >= 11 is 0. The van der Waals surface area contributed by atoms with Gasteiger partial charge in [0.1, 0.15) is 5.82 Å². The van der Waals surface area contributed by atoms with Gasteiger partial charge in [0, 0.05) is 25.2 Å². The first-order valence-electron chi connectivity index (χ1n) is 10.2. The minimum Gasteiger partial charge on any atom is -0.356 e. The van der Waals surface area contributed by atoms with Crippen LogP contribution in [-0.4, -0.2) is 60.9 Å². The highest BCUT2D eigenvalue weighted by atomic mass is 19.1. The van der Waals surface area contributed by atoms with E-state index in [9.17, 15) is 14.0 Å². The number of rotatable bonds is 6. The van der Waals surface area contributed by atoms with E-state index in [1.165, 1.54) is 56.6 Å². The van der Waals surface area contributed by atoms with Gasteiger partial charge in [0.25, 0.3) is 5.91 Å². The summed E-state index contributed by atoms with van der Waals surface area (Å²) in [5.74, 6) is -0.590. The molecular formula is C21H30FN3O2. The maximum Gasteiger partial charge on any atom is 0.253 e. The number of nitrogens with zero attached hydrogens (tertiary/aromatic N) is 2. The molecule has 2 heterocycles. The Bertz CT molecular complexity index is 629. The maximum atomic E-state index is 13.0. The van der Waals surface area contributed by atoms with Crippen LogP contribution in [0.25, 0.3) is 0 Å². The van der Waals surface area contributed by atoms with E-state index < -0.39 is 0 Å². The van der Waals surface area contributed by atoms with Gasteiger partial charge < -0.3 is 15.1 Å². The molecule has 148 valence electrons. The molecule has 5 nitrogen and oxygen atoms in total. The van der Waals surface area contributed by atoms with E-state index in [0.29, 0.717) is 25.2 Å². The molecule has 0 radical (unpaired) electrons. The van der Waals surface area contributed by atoms with Crippen LogP contribution in [0.15, 0.2) is 24.3 Å². The molecule has 1 aromatic rings. The van der Waals surface area contributed by atoms with Crippen LogP contribution < -0.4 is 5.32 Å². The van der Waals surface area contributed by atoms with Crippen LogP contribution in [0, 0.1) is 11.7 Å². The van der Waals surface area contributed by atoms with E-state index in [1.807, 2.05) is 0 Å². The van der Waals surface area contributed by atoms with Gasteiger partial charge in [-0.3, -0.25) is 9.59 Å². The third-order valence-corrected chi connectivity index (χ3v) is 5.57. The van der Waals surface area contributed by atoms with Crippen molar-refractivity contribution in [3.8, 4) is 0 Å². The molecule has 2 fully saturated rings. The first-order valence-corrected chi connectivity index (χ1v) is 10.2. The molecule has 6 heteroatoms. The van der Waals surface area contributed by atoms with Gasteiger partial charge >= 0.3 is 0 Å². The van der Waals surface area contributed by atoms with Crippen LogP contribution in [0.5, 0.6) is 0 Å². The number of amides is 2. The Hall–Kier alpha value is -1.95. The largest absolute Gasteiger partial charge is 0.356 e. The highest BCUT2D eigenvalue weighted by molar-refractivity contribution is 5.94. The van der Waals surface area contributed by atoms with Gasteiger partial charge in [0.05, 0.1) is 5.92 Å². The number of hydrogen-bond acceptors (Lipinski definition) is 3. The third-order valence-electron chi connectivity index (χ3n) is 5.57. The monoisotopic (exact) mass is 375 g/mol. The quantitative estimate of drug-likeness (QED) is 0.778. The molecule has 0 aromatic heterocycles. The van der Waals surface area contributed by atoms with Crippen LogP contribution >= 0.6 is 0 Å². The summed E-state index contributed by atoms with van der Waals surface area (Å²) in [5, 5.41) is 3.05. The van der Waals surface area contributed by atoms with E-state index in [4.69, 9.17) is 0 Å². The topological polar surface area (TPSA) is 52.7 Å². The molecule has 2 aliphatic rings. The number of carbonyl (C=O) groups excluding carboxylic acids is 2. The summed E-state index contributed by atoms with van der Waals surface area (Å²) in [6.45, 7) is 5.18. The summed E-state index contributed by atoms with van der Waals surface area (Å²) in [5.41, 5.74) is 0.471. The second-order valence-electron chi connectivity index (χ2n) is 7.64. The van der Waals surface area contributed by atoms with Crippen molar-refractivity contribution in [1.29, 1.82) is 0 Å². The lowest BCUT2D eigenvalue weighted by molar-refractivity contribution is -0.126. The molecule has 2 amide bonds. The Morgan fingerprint density at radius 2 is 1.78 bits per heavy atom. The summed E-state index contributed by atoms with van der Waals surface area (Å²) in [4.78, 5) is 29.3. The molecule has 0 saturated carbocycles. The summed E-state index contributed by atoms with van der Waals surface area (Å²) < 4.78 is 13.0.